The molecule has 0 unspecified atom stereocenters. The van der Waals surface area contributed by atoms with Gasteiger partial charge in [0.15, 0.2) is 5.94 Å². The summed E-state index contributed by atoms with van der Waals surface area (Å²) in [5, 5.41) is 0. The number of nitrogens with two attached hydrogens (primary N) is 1. The van der Waals surface area contributed by atoms with Gasteiger partial charge in [-0.3, -0.25) is 0 Å². The van der Waals surface area contributed by atoms with Crippen LogP contribution in [0.15, 0.2) is 10.8 Å². The number of rotatable bonds is 1. The van der Waals surface area contributed by atoms with Crippen LogP contribution >= 0.6 is 0 Å². The molecule has 0 rings (SSSR count). The maximum atomic E-state index is 9.34. The van der Waals surface area contributed by atoms with Gasteiger partial charge in [-0.2, -0.15) is 0 Å². The van der Waals surface area contributed by atoms with Crippen molar-refractivity contribution in [3.63, 3.8) is 0 Å². The van der Waals surface area contributed by atoms with Gasteiger partial charge in [-0.15, -0.1) is 4.99 Å². The smallest absolute Gasteiger partial charge is 0.242 e. The minimum atomic E-state index is -0.477. The molecule has 2 N–H and O–H groups in total. The first-order chi connectivity index (χ1) is 3.31. The number of nitrogens with zero attached hydrogens (tertiary/aromatic N) is 1. The molecule has 0 radical (unpaired) electrons. The van der Waals surface area contributed by atoms with Crippen molar-refractivity contribution < 1.29 is 9.59 Å². The quantitative estimate of drug-likeness (QED) is 0.258. The molecule has 4 nitrogen and oxygen atoms in total. The van der Waals surface area contributed by atoms with Gasteiger partial charge in [0.1, 0.15) is 0 Å². The first kappa shape index (κ1) is 5.63. The average molecular weight is 98.1 g/mol. The zero-order valence-corrected chi connectivity index (χ0v) is 3.34. The van der Waals surface area contributed by atoms with Gasteiger partial charge in [0.05, 0.1) is 0 Å². The Morgan fingerprint density at radius 3 is 2.29 bits per heavy atom. The van der Waals surface area contributed by atoms with Gasteiger partial charge in [0.25, 0.3) is 0 Å². The van der Waals surface area contributed by atoms with Crippen LogP contribution in [-0.4, -0.2) is 12.0 Å². The Bertz CT molecular complexity index is 150. The van der Waals surface area contributed by atoms with E-state index in [1.165, 1.54) is 5.94 Å². The fraction of sp³-hybridized carbons (Fsp3) is 0. The normalized spacial score (nSPS) is 5.71. The molecule has 4 heteroatoms. The van der Waals surface area contributed by atoms with E-state index in [0.29, 0.717) is 0 Å². The molecule has 0 saturated heterocycles. The molecule has 0 saturated carbocycles. The average Bonchev–Trinajstić information content (AvgIpc) is 1.68. The standard InChI is InChI=1S/C3H2N2O2/c4-3(1-6)5-2-7/h4H2. The van der Waals surface area contributed by atoms with E-state index < -0.39 is 5.82 Å². The lowest BCUT2D eigenvalue weighted by Crippen LogP contribution is -1.91. The predicted octanol–water partition coefficient (Wildman–Crippen LogP) is -1.05. The van der Waals surface area contributed by atoms with Gasteiger partial charge in [0, 0.05) is 0 Å². The van der Waals surface area contributed by atoms with Gasteiger partial charge in [0.2, 0.25) is 11.9 Å². The SMILES string of the molecule is NC(=C=O)N=C=O. The molecule has 7 heavy (non-hydrogen) atoms. The minimum absolute atomic E-state index is 0.477. The van der Waals surface area contributed by atoms with E-state index in [1.54, 1.807) is 0 Å². The molecule has 0 bridgehead atoms. The Hall–Kier alpha value is -1.37. The molecule has 0 aliphatic heterocycles. The second-order valence-electron chi connectivity index (χ2n) is 0.690. The second-order valence-corrected chi connectivity index (χ2v) is 0.690. The third-order valence-corrected chi connectivity index (χ3v) is 0.271. The summed E-state index contributed by atoms with van der Waals surface area (Å²) in [6, 6.07) is 0. The van der Waals surface area contributed by atoms with Crippen molar-refractivity contribution in [3.8, 4) is 0 Å². The zero-order chi connectivity index (χ0) is 5.70. The molecule has 0 aliphatic carbocycles. The van der Waals surface area contributed by atoms with Crippen molar-refractivity contribution in [3.05, 3.63) is 5.82 Å². The summed E-state index contributed by atoms with van der Waals surface area (Å²) in [6.07, 6.45) is 1.07. The number of hydrogen-bond donors (Lipinski definition) is 1. The van der Waals surface area contributed by atoms with E-state index in [2.05, 4.69) is 10.7 Å². The first-order valence-electron chi connectivity index (χ1n) is 1.39. The summed E-state index contributed by atoms with van der Waals surface area (Å²) >= 11 is 0. The van der Waals surface area contributed by atoms with Crippen molar-refractivity contribution in [1.82, 2.24) is 0 Å². The molecule has 0 heterocycles. The summed E-state index contributed by atoms with van der Waals surface area (Å²) in [6.45, 7) is 0. The van der Waals surface area contributed by atoms with Gasteiger partial charge in [-0.25, -0.2) is 9.59 Å². The predicted molar refractivity (Wildman–Crippen MR) is 21.5 cm³/mol. The van der Waals surface area contributed by atoms with Crippen LogP contribution in [0.1, 0.15) is 0 Å². The van der Waals surface area contributed by atoms with Crippen LogP contribution < -0.4 is 5.73 Å². The first-order valence-corrected chi connectivity index (χ1v) is 1.39. The highest BCUT2D eigenvalue weighted by atomic mass is 16.1. The summed E-state index contributed by atoms with van der Waals surface area (Å²) in [5.41, 5.74) is 4.65. The van der Waals surface area contributed by atoms with Gasteiger partial charge in [-0.1, -0.05) is 0 Å². The van der Waals surface area contributed by atoms with Crippen molar-refractivity contribution in [2.24, 2.45) is 10.7 Å². The molecule has 0 aromatic carbocycles. The number of isocyanates is 1. The van der Waals surface area contributed by atoms with Crippen molar-refractivity contribution in [1.29, 1.82) is 0 Å². The fourth-order valence-corrected chi connectivity index (χ4v) is 0.0720. The monoisotopic (exact) mass is 98.0 g/mol. The van der Waals surface area contributed by atoms with E-state index in [4.69, 9.17) is 0 Å². The van der Waals surface area contributed by atoms with E-state index >= 15 is 0 Å². The lowest BCUT2D eigenvalue weighted by atomic mass is 10.9. The molecule has 36 valence electrons. The van der Waals surface area contributed by atoms with Gasteiger partial charge >= 0.3 is 0 Å². The van der Waals surface area contributed by atoms with Gasteiger partial charge < -0.3 is 5.73 Å². The topological polar surface area (TPSA) is 72.5 Å². The van der Waals surface area contributed by atoms with E-state index in [1.807, 2.05) is 0 Å². The van der Waals surface area contributed by atoms with Crippen LogP contribution in [0.4, 0.5) is 0 Å². The number of carbonyl (C=O) groups excluding carboxylic acids is 2. The maximum absolute atomic E-state index is 9.34. The lowest BCUT2D eigenvalue weighted by molar-refractivity contribution is 0.560. The third kappa shape index (κ3) is 2.43. The third-order valence-electron chi connectivity index (χ3n) is 0.271. The molecule has 0 aliphatic rings. The molecule has 0 atom stereocenters. The van der Waals surface area contributed by atoms with E-state index in [0.717, 1.165) is 6.08 Å². The van der Waals surface area contributed by atoms with Crippen molar-refractivity contribution in [2.75, 3.05) is 0 Å². The zero-order valence-electron chi connectivity index (χ0n) is 3.34. The Labute approximate surface area is 39.3 Å². The van der Waals surface area contributed by atoms with Crippen LogP contribution in [0, 0.1) is 0 Å². The van der Waals surface area contributed by atoms with Crippen LogP contribution in [0.2, 0.25) is 0 Å². The molecule has 0 aromatic rings. The van der Waals surface area contributed by atoms with E-state index in [9.17, 15) is 9.59 Å². The largest absolute Gasteiger partial charge is 0.374 e. The molecular weight excluding hydrogens is 96.0 g/mol. The highest BCUT2D eigenvalue weighted by Gasteiger charge is 1.75. The Morgan fingerprint density at radius 1 is 1.57 bits per heavy atom. The van der Waals surface area contributed by atoms with Crippen LogP contribution in [0.3, 0.4) is 0 Å². The molecule has 0 fully saturated rings. The number of aliphatic imine (C=N–C) groups is 1. The molecule has 0 amide bonds. The minimum Gasteiger partial charge on any atom is -0.374 e. The summed E-state index contributed by atoms with van der Waals surface area (Å²) in [7, 11) is 0. The highest BCUT2D eigenvalue weighted by molar-refractivity contribution is 5.53. The molecular formula is C3H2N2O2. The fourth-order valence-electron chi connectivity index (χ4n) is 0.0720. The number of hydrogen-bond acceptors (Lipinski definition) is 4. The van der Waals surface area contributed by atoms with Crippen LogP contribution in [0.5, 0.6) is 0 Å². The second kappa shape index (κ2) is 2.85. The molecule has 0 spiro atoms. The van der Waals surface area contributed by atoms with Crippen LogP contribution in [0.25, 0.3) is 0 Å². The maximum Gasteiger partial charge on any atom is 0.242 e. The van der Waals surface area contributed by atoms with Crippen molar-refractivity contribution in [2.45, 2.75) is 0 Å². The summed E-state index contributed by atoms with van der Waals surface area (Å²) in [4.78, 5) is 21.2. The van der Waals surface area contributed by atoms with Crippen LogP contribution in [-0.2, 0) is 9.59 Å². The highest BCUT2D eigenvalue weighted by Crippen LogP contribution is 1.67. The van der Waals surface area contributed by atoms with Crippen molar-refractivity contribution >= 4 is 12.0 Å². The lowest BCUT2D eigenvalue weighted by Gasteiger charge is -1.68. The van der Waals surface area contributed by atoms with Gasteiger partial charge in [-0.05, 0) is 0 Å². The Morgan fingerprint density at radius 2 is 2.14 bits per heavy atom. The Kier molecular flexibility index (Phi) is 2.29. The summed E-state index contributed by atoms with van der Waals surface area (Å²) in [5.74, 6) is 0.704. The summed E-state index contributed by atoms with van der Waals surface area (Å²) < 4.78 is 0. The Balaban J connectivity index is 4.10. The van der Waals surface area contributed by atoms with E-state index in [-0.39, 0.29) is 0 Å². The molecule has 0 aromatic heterocycles.